The normalized spacial score (nSPS) is 16.7. The first-order valence-corrected chi connectivity index (χ1v) is 14.1. The van der Waals surface area contributed by atoms with Gasteiger partial charge in [0.05, 0.1) is 12.2 Å². The van der Waals surface area contributed by atoms with Gasteiger partial charge in [-0.25, -0.2) is 0 Å². The van der Waals surface area contributed by atoms with Crippen molar-refractivity contribution in [2.45, 2.75) is 174 Å². The van der Waals surface area contributed by atoms with Crippen LogP contribution in [0.1, 0.15) is 162 Å². The minimum Gasteiger partial charge on any atom is -0.374 e. The molecular weight excluding hydrogens is 400 g/mol. The fourth-order valence-corrected chi connectivity index (χ4v) is 7.70. The zero-order valence-electron chi connectivity index (χ0n) is 26.2. The second-order valence-corrected chi connectivity index (χ2v) is 16.8. The van der Waals surface area contributed by atoms with Crippen molar-refractivity contribution in [1.82, 2.24) is 0 Å². The standard InChI is InChI=1S/C32H66O/c1-17-19-25(31(13,14)23-29(9,10)21-27(3,4)5)33-26(20-18-2)32(15,16)24-30(11,12)22-28(6,7)8/h25-26H,17-24H2,1-16H3. The highest BCUT2D eigenvalue weighted by Crippen LogP contribution is 2.48. The Labute approximate surface area is 211 Å². The zero-order valence-corrected chi connectivity index (χ0v) is 26.2. The first kappa shape index (κ1) is 33.0. The van der Waals surface area contributed by atoms with E-state index < -0.39 is 0 Å². The summed E-state index contributed by atoms with van der Waals surface area (Å²) in [6, 6.07) is 0. The van der Waals surface area contributed by atoms with Gasteiger partial charge in [-0.15, -0.1) is 0 Å². The number of hydrogen-bond acceptors (Lipinski definition) is 1. The van der Waals surface area contributed by atoms with Crippen molar-refractivity contribution in [2.75, 3.05) is 0 Å². The molecule has 0 saturated carbocycles. The van der Waals surface area contributed by atoms with Gasteiger partial charge in [0.25, 0.3) is 0 Å². The Morgan fingerprint density at radius 3 is 0.939 bits per heavy atom. The molecule has 0 aliphatic carbocycles. The topological polar surface area (TPSA) is 9.23 Å². The molecule has 0 rings (SSSR count). The van der Waals surface area contributed by atoms with Crippen molar-refractivity contribution in [1.29, 1.82) is 0 Å². The monoisotopic (exact) mass is 467 g/mol. The van der Waals surface area contributed by atoms with Gasteiger partial charge >= 0.3 is 0 Å². The Bertz CT molecular complexity index is 500. The molecular formula is C32H66O. The third-order valence-electron chi connectivity index (χ3n) is 7.06. The minimum absolute atomic E-state index is 0.160. The van der Waals surface area contributed by atoms with Gasteiger partial charge in [0.15, 0.2) is 0 Å². The molecule has 0 fully saturated rings. The largest absolute Gasteiger partial charge is 0.374 e. The Hall–Kier alpha value is -0.0400. The summed E-state index contributed by atoms with van der Waals surface area (Å²) >= 11 is 0. The molecule has 0 aliphatic rings. The van der Waals surface area contributed by atoms with Gasteiger partial charge < -0.3 is 4.74 Å². The van der Waals surface area contributed by atoms with E-state index in [1.165, 1.54) is 38.5 Å². The van der Waals surface area contributed by atoms with Gasteiger partial charge in [-0.3, -0.25) is 0 Å². The maximum atomic E-state index is 7.21. The van der Waals surface area contributed by atoms with Gasteiger partial charge in [-0.05, 0) is 71.0 Å². The van der Waals surface area contributed by atoms with Crippen LogP contribution in [0.3, 0.4) is 0 Å². The molecule has 0 aromatic heterocycles. The Morgan fingerprint density at radius 1 is 0.455 bits per heavy atom. The van der Waals surface area contributed by atoms with Gasteiger partial charge in [0.2, 0.25) is 0 Å². The Balaban J connectivity index is 5.77. The summed E-state index contributed by atoms with van der Waals surface area (Å²) in [4.78, 5) is 0. The second kappa shape index (κ2) is 11.8. The van der Waals surface area contributed by atoms with Crippen LogP contribution in [0.5, 0.6) is 0 Å². The molecule has 0 spiro atoms. The molecule has 0 aromatic rings. The molecule has 0 aliphatic heterocycles. The molecule has 0 heterocycles. The van der Waals surface area contributed by atoms with E-state index >= 15 is 0 Å². The summed E-state index contributed by atoms with van der Waals surface area (Å²) in [5, 5.41) is 0. The van der Waals surface area contributed by atoms with Crippen molar-refractivity contribution in [3.63, 3.8) is 0 Å². The Kier molecular flexibility index (Phi) is 11.8. The molecule has 2 atom stereocenters. The van der Waals surface area contributed by atoms with Gasteiger partial charge in [-0.1, -0.05) is 124 Å². The molecule has 0 radical (unpaired) electrons. The number of ether oxygens (including phenoxy) is 1. The van der Waals surface area contributed by atoms with Crippen molar-refractivity contribution in [2.24, 2.45) is 32.5 Å². The molecule has 1 nitrogen and oxygen atoms in total. The average molecular weight is 467 g/mol. The fraction of sp³-hybridized carbons (Fsp3) is 1.00. The lowest BCUT2D eigenvalue weighted by Gasteiger charge is -2.47. The summed E-state index contributed by atoms with van der Waals surface area (Å²) in [5.74, 6) is 0. The van der Waals surface area contributed by atoms with Crippen molar-refractivity contribution >= 4 is 0 Å². The summed E-state index contributed by atoms with van der Waals surface area (Å²) in [6.45, 7) is 38.6. The lowest BCUT2D eigenvalue weighted by atomic mass is 9.65. The van der Waals surface area contributed by atoms with Crippen LogP contribution < -0.4 is 0 Å². The molecule has 200 valence electrons. The van der Waals surface area contributed by atoms with Crippen LogP contribution >= 0.6 is 0 Å². The molecule has 2 unspecified atom stereocenters. The highest BCUT2D eigenvalue weighted by atomic mass is 16.5. The first-order chi connectivity index (χ1) is 14.5. The highest BCUT2D eigenvalue weighted by molar-refractivity contribution is 4.92. The van der Waals surface area contributed by atoms with Crippen LogP contribution in [-0.2, 0) is 4.74 Å². The molecule has 0 amide bonds. The number of rotatable bonds is 14. The lowest BCUT2D eigenvalue weighted by molar-refractivity contribution is -0.138. The van der Waals surface area contributed by atoms with Gasteiger partial charge in [-0.2, -0.15) is 0 Å². The van der Waals surface area contributed by atoms with Crippen LogP contribution in [0.15, 0.2) is 0 Å². The van der Waals surface area contributed by atoms with Crippen molar-refractivity contribution < 1.29 is 4.74 Å². The Morgan fingerprint density at radius 2 is 0.727 bits per heavy atom. The van der Waals surface area contributed by atoms with E-state index in [0.717, 1.165) is 12.8 Å². The van der Waals surface area contributed by atoms with Gasteiger partial charge in [0, 0.05) is 0 Å². The van der Waals surface area contributed by atoms with E-state index in [1.54, 1.807) is 0 Å². The maximum Gasteiger partial charge on any atom is 0.0630 e. The van der Waals surface area contributed by atoms with E-state index in [0.29, 0.717) is 33.9 Å². The van der Waals surface area contributed by atoms with E-state index in [9.17, 15) is 0 Å². The van der Waals surface area contributed by atoms with Crippen LogP contribution in [-0.4, -0.2) is 12.2 Å². The molecule has 0 N–H and O–H groups in total. The van der Waals surface area contributed by atoms with E-state index in [2.05, 4.69) is 111 Å². The van der Waals surface area contributed by atoms with Gasteiger partial charge in [0.1, 0.15) is 0 Å². The van der Waals surface area contributed by atoms with E-state index in [-0.39, 0.29) is 10.8 Å². The summed E-state index contributed by atoms with van der Waals surface area (Å²) in [7, 11) is 0. The predicted octanol–water partition coefficient (Wildman–Crippen LogP) is 11.1. The average Bonchev–Trinajstić information content (AvgIpc) is 2.46. The lowest BCUT2D eigenvalue weighted by Crippen LogP contribution is -2.44. The molecule has 0 saturated heterocycles. The smallest absolute Gasteiger partial charge is 0.0630 e. The fourth-order valence-electron chi connectivity index (χ4n) is 7.70. The first-order valence-electron chi connectivity index (χ1n) is 14.1. The minimum atomic E-state index is 0.160. The van der Waals surface area contributed by atoms with Crippen LogP contribution in [0.4, 0.5) is 0 Å². The predicted molar refractivity (Wildman–Crippen MR) is 151 cm³/mol. The van der Waals surface area contributed by atoms with Crippen LogP contribution in [0.25, 0.3) is 0 Å². The van der Waals surface area contributed by atoms with Crippen molar-refractivity contribution in [3.05, 3.63) is 0 Å². The summed E-state index contributed by atoms with van der Waals surface area (Å²) < 4.78 is 7.21. The van der Waals surface area contributed by atoms with Crippen LogP contribution in [0.2, 0.25) is 0 Å². The summed E-state index contributed by atoms with van der Waals surface area (Å²) in [5.41, 5.74) is 1.64. The van der Waals surface area contributed by atoms with Crippen LogP contribution in [0, 0.1) is 32.5 Å². The highest BCUT2D eigenvalue weighted by Gasteiger charge is 2.42. The third kappa shape index (κ3) is 13.6. The van der Waals surface area contributed by atoms with E-state index in [4.69, 9.17) is 4.74 Å². The van der Waals surface area contributed by atoms with Crippen molar-refractivity contribution in [3.8, 4) is 0 Å². The maximum absolute atomic E-state index is 7.21. The SMILES string of the molecule is CCCC(OC(CCC)C(C)(C)CC(C)(C)CC(C)(C)C)C(C)(C)CC(C)(C)CC(C)(C)C. The second-order valence-electron chi connectivity index (χ2n) is 16.8. The third-order valence-corrected chi connectivity index (χ3v) is 7.06. The summed E-state index contributed by atoms with van der Waals surface area (Å²) in [6.07, 6.45) is 10.2. The van der Waals surface area contributed by atoms with E-state index in [1.807, 2.05) is 0 Å². The zero-order chi connectivity index (χ0) is 26.5. The molecule has 0 aromatic carbocycles. The number of hydrogen-bond donors (Lipinski definition) is 0. The molecule has 33 heavy (non-hydrogen) atoms. The molecule has 0 bridgehead atoms. The molecule has 1 heteroatoms. The quantitative estimate of drug-likeness (QED) is 0.247.